The Morgan fingerprint density at radius 2 is 0.533 bits per heavy atom. The number of nitrogens with zero attached hydrogens (tertiary/aromatic N) is 1. The second-order valence-corrected chi connectivity index (χ2v) is 14.3. The molecule has 0 unspecified atom stereocenters. The molecule has 0 aliphatic heterocycles. The van der Waals surface area contributed by atoms with Crippen LogP contribution in [-0.4, -0.2) is 0 Å². The normalized spacial score (nSPS) is 10.8. The van der Waals surface area contributed by atoms with Gasteiger partial charge in [-0.2, -0.15) is 0 Å². The summed E-state index contributed by atoms with van der Waals surface area (Å²) in [7, 11) is -1.78. The van der Waals surface area contributed by atoms with Crippen molar-refractivity contribution in [1.82, 2.24) is 0 Å². The second kappa shape index (κ2) is 15.0. The van der Waals surface area contributed by atoms with Crippen LogP contribution in [-0.2, 0) is 6.16 Å². The largest absolute Gasteiger partial charge is 0.311 e. The number of hydrogen-bond acceptors (Lipinski definition) is 1. The zero-order valence-electron chi connectivity index (χ0n) is 25.3. The van der Waals surface area contributed by atoms with Gasteiger partial charge in [0.2, 0.25) is 0 Å². The highest BCUT2D eigenvalue weighted by molar-refractivity contribution is 7.95. The van der Waals surface area contributed by atoms with Gasteiger partial charge in [-0.1, -0.05) is 140 Å². The Labute approximate surface area is 268 Å². The fourth-order valence-corrected chi connectivity index (χ4v) is 10.0. The van der Waals surface area contributed by atoms with Crippen molar-refractivity contribution >= 4 is 40.2 Å². The molecule has 0 heterocycles. The van der Waals surface area contributed by atoms with Crippen molar-refractivity contribution in [2.24, 2.45) is 0 Å². The van der Waals surface area contributed by atoms with E-state index < -0.39 is 7.26 Å². The molecule has 0 aromatic heterocycles. The first kappa shape index (κ1) is 29.8. The van der Waals surface area contributed by atoms with Gasteiger partial charge in [-0.15, -0.1) is 0 Å². The minimum absolute atomic E-state index is 1.03. The lowest BCUT2D eigenvalue weighted by molar-refractivity contribution is 1.28. The topological polar surface area (TPSA) is 3.24 Å². The van der Waals surface area contributed by atoms with Crippen LogP contribution in [0.2, 0.25) is 0 Å². The lowest BCUT2D eigenvalue weighted by Gasteiger charge is -2.27. The molecule has 0 atom stereocenters. The van der Waals surface area contributed by atoms with E-state index in [-0.39, 0.29) is 0 Å². The minimum atomic E-state index is -1.78. The third-order valence-corrected chi connectivity index (χ3v) is 12.3. The van der Waals surface area contributed by atoms with Crippen LogP contribution in [0.15, 0.2) is 212 Å². The zero-order chi connectivity index (χ0) is 30.6. The summed E-state index contributed by atoms with van der Waals surface area (Å²) in [6, 6.07) is 75.3. The van der Waals surface area contributed by atoms with Crippen LogP contribution in [0.1, 0.15) is 5.56 Å². The van der Waals surface area contributed by atoms with E-state index in [0.717, 1.165) is 6.16 Å². The van der Waals surface area contributed by atoms with Gasteiger partial charge in [0.05, 0.1) is 6.16 Å². The molecule has 0 saturated heterocycles. The summed E-state index contributed by atoms with van der Waals surface area (Å²) in [6.07, 6.45) is 1.03. The third kappa shape index (κ3) is 7.13. The van der Waals surface area contributed by atoms with Gasteiger partial charge in [0.25, 0.3) is 0 Å². The minimum Gasteiger partial charge on any atom is -0.311 e. The maximum atomic E-state index is 2.30. The van der Waals surface area contributed by atoms with Crippen molar-refractivity contribution in [2.75, 3.05) is 4.90 Å². The van der Waals surface area contributed by atoms with E-state index in [4.69, 9.17) is 0 Å². The van der Waals surface area contributed by atoms with E-state index in [1.54, 1.807) is 0 Å². The SMILES string of the molecule is c1ccc(C[P+](c2ccccc2)(c2ccccc2)c2ccccc2)cc1.c1ccc(N(c2ccccc2)c2ccccc2)cc1. The molecule has 45 heavy (non-hydrogen) atoms. The van der Waals surface area contributed by atoms with Crippen LogP contribution in [0.3, 0.4) is 0 Å². The van der Waals surface area contributed by atoms with Crippen LogP contribution in [0.5, 0.6) is 0 Å². The lowest BCUT2D eigenvalue weighted by atomic mass is 10.2. The van der Waals surface area contributed by atoms with E-state index in [9.17, 15) is 0 Å². The number of hydrogen-bond donors (Lipinski definition) is 0. The molecule has 2 heteroatoms. The average Bonchev–Trinajstić information content (AvgIpc) is 3.14. The maximum absolute atomic E-state index is 2.30. The summed E-state index contributed by atoms with van der Waals surface area (Å²) >= 11 is 0. The van der Waals surface area contributed by atoms with Gasteiger partial charge in [0.1, 0.15) is 23.2 Å². The quantitative estimate of drug-likeness (QED) is 0.157. The van der Waals surface area contributed by atoms with E-state index in [1.807, 2.05) is 18.2 Å². The molecular formula is C43H37NP+. The molecule has 0 spiro atoms. The third-order valence-electron chi connectivity index (χ3n) is 7.90. The molecule has 0 saturated carbocycles. The van der Waals surface area contributed by atoms with Crippen molar-refractivity contribution in [2.45, 2.75) is 6.16 Å². The lowest BCUT2D eigenvalue weighted by Crippen LogP contribution is -2.32. The standard InChI is InChI=1S/C25H22P.C18H15N/c1-5-13-22(14-6-1)21-26(23-15-7-2-8-16-23,24-17-9-3-10-18-24)25-19-11-4-12-20-25;1-4-10-16(11-5-1)19(17-12-6-2-7-13-17)18-14-8-3-9-15-18/h1-20H,21H2;1-15H/q+1;. The van der Waals surface area contributed by atoms with Gasteiger partial charge >= 0.3 is 0 Å². The molecule has 0 amide bonds. The first-order valence-electron chi connectivity index (χ1n) is 15.4. The van der Waals surface area contributed by atoms with E-state index in [2.05, 4.69) is 199 Å². The molecule has 7 aromatic carbocycles. The molecule has 1 nitrogen and oxygen atoms in total. The molecular weight excluding hydrogens is 561 g/mol. The number of rotatable bonds is 8. The Morgan fingerprint density at radius 1 is 0.289 bits per heavy atom. The van der Waals surface area contributed by atoms with Crippen molar-refractivity contribution < 1.29 is 0 Å². The number of anilines is 3. The molecule has 0 fully saturated rings. The molecule has 7 aromatic rings. The summed E-state index contributed by atoms with van der Waals surface area (Å²) in [6.45, 7) is 0. The monoisotopic (exact) mass is 598 g/mol. The molecule has 0 aliphatic rings. The van der Waals surface area contributed by atoms with E-state index >= 15 is 0 Å². The van der Waals surface area contributed by atoms with Crippen LogP contribution < -0.4 is 20.8 Å². The first-order chi connectivity index (χ1) is 22.3. The first-order valence-corrected chi connectivity index (χ1v) is 17.4. The fourth-order valence-electron chi connectivity index (χ4n) is 5.80. The van der Waals surface area contributed by atoms with E-state index in [0.29, 0.717) is 0 Å². The molecule has 7 rings (SSSR count). The maximum Gasteiger partial charge on any atom is 0.116 e. The van der Waals surface area contributed by atoms with Crippen molar-refractivity contribution in [3.05, 3.63) is 218 Å². The predicted molar refractivity (Wildman–Crippen MR) is 196 cm³/mol. The van der Waals surface area contributed by atoms with Crippen LogP contribution >= 0.6 is 7.26 Å². The Hall–Kier alpha value is -5.23. The number of benzene rings is 7. The predicted octanol–water partition coefficient (Wildman–Crippen LogP) is 10.3. The molecule has 218 valence electrons. The van der Waals surface area contributed by atoms with Crippen molar-refractivity contribution in [3.8, 4) is 0 Å². The van der Waals surface area contributed by atoms with Gasteiger partial charge in [0.15, 0.2) is 0 Å². The van der Waals surface area contributed by atoms with Crippen LogP contribution in [0, 0.1) is 0 Å². The summed E-state index contributed by atoms with van der Waals surface area (Å²) in [5, 5.41) is 4.30. The summed E-state index contributed by atoms with van der Waals surface area (Å²) in [5.74, 6) is 0. The molecule has 0 N–H and O–H groups in total. The highest BCUT2D eigenvalue weighted by Gasteiger charge is 2.45. The molecule has 0 bridgehead atoms. The van der Waals surface area contributed by atoms with Gasteiger partial charge < -0.3 is 4.90 Å². The number of para-hydroxylation sites is 3. The van der Waals surface area contributed by atoms with Gasteiger partial charge in [0, 0.05) is 17.1 Å². The molecule has 0 aliphatic carbocycles. The highest BCUT2D eigenvalue weighted by Crippen LogP contribution is 2.58. The van der Waals surface area contributed by atoms with Crippen molar-refractivity contribution in [1.29, 1.82) is 0 Å². The fraction of sp³-hybridized carbons (Fsp3) is 0.0233. The Bertz CT molecular complexity index is 1640. The van der Waals surface area contributed by atoms with E-state index in [1.165, 1.54) is 38.5 Å². The second-order valence-electron chi connectivity index (χ2n) is 10.8. The van der Waals surface area contributed by atoms with Gasteiger partial charge in [-0.25, -0.2) is 0 Å². The average molecular weight is 599 g/mol. The van der Waals surface area contributed by atoms with Gasteiger partial charge in [-0.05, 0) is 78.4 Å². The summed E-state index contributed by atoms with van der Waals surface area (Å²) in [5.41, 5.74) is 4.89. The smallest absolute Gasteiger partial charge is 0.116 e. The summed E-state index contributed by atoms with van der Waals surface area (Å²) < 4.78 is 0. The van der Waals surface area contributed by atoms with Crippen LogP contribution in [0.4, 0.5) is 17.1 Å². The Morgan fingerprint density at radius 3 is 0.822 bits per heavy atom. The van der Waals surface area contributed by atoms with Crippen molar-refractivity contribution in [3.63, 3.8) is 0 Å². The summed E-state index contributed by atoms with van der Waals surface area (Å²) in [4.78, 5) is 2.25. The highest BCUT2D eigenvalue weighted by atomic mass is 31.2. The zero-order valence-corrected chi connectivity index (χ0v) is 26.2. The van der Waals surface area contributed by atoms with Gasteiger partial charge in [-0.3, -0.25) is 0 Å². The Kier molecular flexibility index (Phi) is 9.93. The molecule has 0 radical (unpaired) electrons. The van der Waals surface area contributed by atoms with Crippen LogP contribution in [0.25, 0.3) is 0 Å². The Balaban J connectivity index is 0.000000167.